The van der Waals surface area contributed by atoms with Crippen molar-refractivity contribution in [2.45, 2.75) is 42.0 Å². The molecule has 0 spiro atoms. The monoisotopic (exact) mass is 407 g/mol. The van der Waals surface area contributed by atoms with E-state index in [-0.39, 0.29) is 0 Å². The second kappa shape index (κ2) is 6.85. The summed E-state index contributed by atoms with van der Waals surface area (Å²) in [5.41, 5.74) is 2.73. The van der Waals surface area contributed by atoms with E-state index in [2.05, 4.69) is 41.8 Å². The van der Waals surface area contributed by atoms with Gasteiger partial charge in [-0.3, -0.25) is 0 Å². The van der Waals surface area contributed by atoms with E-state index in [4.69, 9.17) is 24.4 Å². The van der Waals surface area contributed by atoms with E-state index >= 15 is 0 Å². The van der Waals surface area contributed by atoms with Gasteiger partial charge in [-0.05, 0) is 0 Å². The normalized spacial score (nSPS) is 36.7. The van der Waals surface area contributed by atoms with Gasteiger partial charge in [-0.15, -0.1) is 0 Å². The summed E-state index contributed by atoms with van der Waals surface area (Å²) in [6, 6.07) is 0.843. The number of hydrogen-bond acceptors (Lipinski definition) is 3. The Bertz CT molecular complexity index is 604. The SMILES string of the molecule is S=C1CC=CC=C1C1NC(C2=CC=CCC2=S)C2C[Se]CC1C2. The zero-order chi connectivity index (χ0) is 15.8. The molecule has 4 unspecified atom stereocenters. The minimum absolute atomic E-state index is 0.422. The van der Waals surface area contributed by atoms with Gasteiger partial charge in [-0.25, -0.2) is 0 Å². The van der Waals surface area contributed by atoms with Crippen LogP contribution in [0.1, 0.15) is 19.3 Å². The predicted molar refractivity (Wildman–Crippen MR) is 107 cm³/mol. The maximum absolute atomic E-state index is 5.67. The number of thiocarbonyl (C=S) groups is 2. The van der Waals surface area contributed by atoms with Crippen LogP contribution in [-0.4, -0.2) is 36.8 Å². The Morgan fingerprint density at radius 2 is 1.39 bits per heavy atom. The van der Waals surface area contributed by atoms with Crippen LogP contribution in [0.25, 0.3) is 0 Å². The third-order valence-corrected chi connectivity index (χ3v) is 8.91. The van der Waals surface area contributed by atoms with E-state index in [1.165, 1.54) is 28.2 Å². The Morgan fingerprint density at radius 1 is 0.870 bits per heavy atom. The standard InChI is InChI=1S/C19H21NS2Se/c21-16-7-3-1-5-14(16)18-12-9-13(11-23-10-12)19(20-18)15-6-2-4-8-17(15)22/h1-6,12-13,18-20H,7-11H2. The van der Waals surface area contributed by atoms with Crippen molar-refractivity contribution in [3.63, 3.8) is 0 Å². The van der Waals surface area contributed by atoms with Crippen molar-refractivity contribution in [3.8, 4) is 0 Å². The summed E-state index contributed by atoms with van der Waals surface area (Å²) in [7, 11) is 0. The first-order valence-corrected chi connectivity index (χ1v) is 11.6. The van der Waals surface area contributed by atoms with Gasteiger partial charge in [0.2, 0.25) is 0 Å². The molecule has 1 nitrogen and oxygen atoms in total. The number of piperidine rings is 1. The molecule has 4 heteroatoms. The van der Waals surface area contributed by atoms with Crippen LogP contribution in [0.4, 0.5) is 0 Å². The van der Waals surface area contributed by atoms with Crippen LogP contribution in [0.3, 0.4) is 0 Å². The molecule has 4 atom stereocenters. The van der Waals surface area contributed by atoms with Gasteiger partial charge in [0.25, 0.3) is 0 Å². The molecule has 1 N–H and O–H groups in total. The molecule has 0 radical (unpaired) electrons. The third-order valence-electron chi connectivity index (χ3n) is 5.32. The topological polar surface area (TPSA) is 12.0 Å². The van der Waals surface area contributed by atoms with E-state index < -0.39 is 0 Å². The third kappa shape index (κ3) is 3.12. The van der Waals surface area contributed by atoms with Gasteiger partial charge in [0, 0.05) is 0 Å². The molecule has 4 rings (SSSR count). The molecule has 4 aliphatic rings. The Balaban J connectivity index is 1.66. The second-order valence-electron chi connectivity index (χ2n) is 6.77. The fourth-order valence-electron chi connectivity index (χ4n) is 4.18. The van der Waals surface area contributed by atoms with E-state index in [0.29, 0.717) is 12.1 Å². The van der Waals surface area contributed by atoms with Crippen LogP contribution in [-0.2, 0) is 0 Å². The van der Waals surface area contributed by atoms with E-state index in [9.17, 15) is 0 Å². The Hall–Kier alpha value is -0.381. The summed E-state index contributed by atoms with van der Waals surface area (Å²) in [5, 5.41) is 6.77. The molecule has 23 heavy (non-hydrogen) atoms. The van der Waals surface area contributed by atoms with Crippen LogP contribution in [0.15, 0.2) is 47.6 Å². The average molecular weight is 406 g/mol. The fraction of sp³-hybridized carbons (Fsp3) is 0.474. The van der Waals surface area contributed by atoms with Gasteiger partial charge in [0.15, 0.2) is 0 Å². The summed E-state index contributed by atoms with van der Waals surface area (Å²) in [6.45, 7) is 0. The minimum atomic E-state index is 0.422. The quantitative estimate of drug-likeness (QED) is 0.550. The maximum atomic E-state index is 5.67. The number of hydrogen-bond donors (Lipinski definition) is 1. The van der Waals surface area contributed by atoms with Gasteiger partial charge < -0.3 is 0 Å². The van der Waals surface area contributed by atoms with Crippen LogP contribution in [0, 0.1) is 11.8 Å². The molecule has 2 aliphatic carbocycles. The Labute approximate surface area is 155 Å². The van der Waals surface area contributed by atoms with Crippen LogP contribution in [0.5, 0.6) is 0 Å². The molecule has 0 amide bonds. The molecule has 2 saturated heterocycles. The molecule has 0 aromatic rings. The molecule has 2 heterocycles. The number of nitrogens with one attached hydrogen (secondary N) is 1. The zero-order valence-electron chi connectivity index (χ0n) is 13.0. The average Bonchev–Trinajstić information content (AvgIpc) is 2.57. The van der Waals surface area contributed by atoms with Gasteiger partial charge in [0.1, 0.15) is 0 Å². The van der Waals surface area contributed by atoms with E-state index in [0.717, 1.165) is 49.4 Å². The molecule has 0 saturated carbocycles. The summed E-state index contributed by atoms with van der Waals surface area (Å²) in [6.07, 6.45) is 16.4. The Kier molecular flexibility index (Phi) is 4.80. The number of fused-ring (bicyclic) bond motifs is 2. The van der Waals surface area contributed by atoms with Crippen molar-refractivity contribution in [1.29, 1.82) is 0 Å². The van der Waals surface area contributed by atoms with Crippen LogP contribution < -0.4 is 5.32 Å². The molecular formula is C19H21NS2Se. The van der Waals surface area contributed by atoms with Gasteiger partial charge in [0.05, 0.1) is 0 Å². The van der Waals surface area contributed by atoms with E-state index in [1.54, 1.807) is 0 Å². The molecule has 2 fully saturated rings. The van der Waals surface area contributed by atoms with Crippen molar-refractivity contribution in [3.05, 3.63) is 47.6 Å². The Morgan fingerprint density at radius 3 is 1.87 bits per heavy atom. The molecule has 2 bridgehead atoms. The first kappa shape index (κ1) is 16.1. The van der Waals surface area contributed by atoms with Crippen molar-refractivity contribution in [2.24, 2.45) is 11.8 Å². The molecule has 0 aromatic heterocycles. The fourth-order valence-corrected chi connectivity index (χ4v) is 7.70. The first-order valence-electron chi connectivity index (χ1n) is 8.37. The van der Waals surface area contributed by atoms with Crippen molar-refractivity contribution >= 4 is 49.1 Å². The molecular weight excluding hydrogens is 385 g/mol. The summed E-state index contributed by atoms with van der Waals surface area (Å²) in [4.78, 5) is 2.25. The summed E-state index contributed by atoms with van der Waals surface area (Å²) in [5.74, 6) is 1.52. The summed E-state index contributed by atoms with van der Waals surface area (Å²) < 4.78 is 0. The van der Waals surface area contributed by atoms with Crippen LogP contribution >= 0.6 is 24.4 Å². The first-order chi connectivity index (χ1) is 11.2. The zero-order valence-corrected chi connectivity index (χ0v) is 16.4. The van der Waals surface area contributed by atoms with Gasteiger partial charge in [-0.2, -0.15) is 0 Å². The van der Waals surface area contributed by atoms with Gasteiger partial charge >= 0.3 is 156 Å². The number of rotatable bonds is 2. The molecule has 2 aliphatic heterocycles. The second-order valence-corrected chi connectivity index (χ2v) is 10.0. The van der Waals surface area contributed by atoms with Crippen molar-refractivity contribution in [1.82, 2.24) is 5.32 Å². The molecule has 0 aromatic carbocycles. The van der Waals surface area contributed by atoms with Crippen molar-refractivity contribution < 1.29 is 0 Å². The summed E-state index contributed by atoms with van der Waals surface area (Å²) >= 11 is 12.1. The van der Waals surface area contributed by atoms with E-state index in [1.807, 2.05) is 0 Å². The predicted octanol–water partition coefficient (Wildman–Crippen LogP) is 4.02. The molecule has 120 valence electrons. The van der Waals surface area contributed by atoms with Crippen molar-refractivity contribution in [2.75, 3.05) is 0 Å². The number of allylic oxidation sites excluding steroid dienone is 6. The van der Waals surface area contributed by atoms with Gasteiger partial charge in [-0.1, -0.05) is 0 Å². The van der Waals surface area contributed by atoms with Crippen LogP contribution in [0.2, 0.25) is 10.6 Å².